The van der Waals surface area contributed by atoms with Crippen LogP contribution in [-0.2, 0) is 11.2 Å². The van der Waals surface area contributed by atoms with Gasteiger partial charge >= 0.3 is 0 Å². The number of H-pyrrole nitrogens is 1. The summed E-state index contributed by atoms with van der Waals surface area (Å²) in [6.45, 7) is 6.67. The first-order valence-electron chi connectivity index (χ1n) is 9.13. The number of carbonyl (C=O) groups is 1. The third kappa shape index (κ3) is 4.45. The summed E-state index contributed by atoms with van der Waals surface area (Å²) in [5.74, 6) is 1.10. The van der Waals surface area contributed by atoms with E-state index < -0.39 is 6.10 Å². The predicted molar refractivity (Wildman–Crippen MR) is 106 cm³/mol. The zero-order valence-electron chi connectivity index (χ0n) is 15.6. The summed E-state index contributed by atoms with van der Waals surface area (Å²) < 4.78 is 5.74. The second-order valence-corrected chi connectivity index (χ2v) is 6.92. The number of rotatable bonds is 7. The molecule has 0 fully saturated rings. The maximum atomic E-state index is 12.2. The van der Waals surface area contributed by atoms with E-state index >= 15 is 0 Å². The number of hydrogen-bond acceptors (Lipinski definition) is 2. The highest BCUT2D eigenvalue weighted by Crippen LogP contribution is 2.19. The maximum Gasteiger partial charge on any atom is 0.260 e. The lowest BCUT2D eigenvalue weighted by molar-refractivity contribution is -0.127. The van der Waals surface area contributed by atoms with Gasteiger partial charge in [-0.05, 0) is 66.1 Å². The van der Waals surface area contributed by atoms with Crippen LogP contribution in [-0.4, -0.2) is 23.5 Å². The molecule has 0 bridgehead atoms. The van der Waals surface area contributed by atoms with E-state index in [1.807, 2.05) is 30.5 Å². The standard InChI is InChI=1S/C22H26N2O2/c1-15(2)18-5-7-20(8-6-18)26-16(3)22(25)24-12-10-17-4-9-21-19(14-17)11-13-23-21/h4-9,11,13-16,23H,10,12H2,1-3H3,(H,24,25). The van der Waals surface area contributed by atoms with Gasteiger partial charge < -0.3 is 15.0 Å². The molecule has 1 heterocycles. The van der Waals surface area contributed by atoms with E-state index in [4.69, 9.17) is 4.74 Å². The quantitative estimate of drug-likeness (QED) is 0.663. The molecule has 0 saturated carbocycles. The second-order valence-electron chi connectivity index (χ2n) is 6.92. The molecule has 0 spiro atoms. The summed E-state index contributed by atoms with van der Waals surface area (Å²) in [5.41, 5.74) is 3.59. The zero-order chi connectivity index (χ0) is 18.5. The van der Waals surface area contributed by atoms with Crippen LogP contribution < -0.4 is 10.1 Å². The molecule has 4 heteroatoms. The molecular formula is C22H26N2O2. The molecule has 1 unspecified atom stereocenters. The van der Waals surface area contributed by atoms with Crippen LogP contribution in [0.15, 0.2) is 54.7 Å². The Bertz CT molecular complexity index is 865. The van der Waals surface area contributed by atoms with E-state index in [1.54, 1.807) is 6.92 Å². The highest BCUT2D eigenvalue weighted by molar-refractivity contribution is 5.81. The van der Waals surface area contributed by atoms with Gasteiger partial charge in [-0.1, -0.05) is 32.0 Å². The molecule has 2 aromatic carbocycles. The van der Waals surface area contributed by atoms with E-state index in [1.165, 1.54) is 16.5 Å². The first kappa shape index (κ1) is 18.1. The Kier molecular flexibility index (Phi) is 5.61. The van der Waals surface area contributed by atoms with Gasteiger partial charge in [-0.25, -0.2) is 0 Å². The summed E-state index contributed by atoms with van der Waals surface area (Å²) in [6, 6.07) is 16.3. The molecule has 4 nitrogen and oxygen atoms in total. The number of carbonyl (C=O) groups excluding carboxylic acids is 1. The highest BCUT2D eigenvalue weighted by atomic mass is 16.5. The van der Waals surface area contributed by atoms with Gasteiger partial charge in [0.1, 0.15) is 5.75 Å². The number of hydrogen-bond donors (Lipinski definition) is 2. The van der Waals surface area contributed by atoms with Crippen LogP contribution in [0.4, 0.5) is 0 Å². The fraction of sp³-hybridized carbons (Fsp3) is 0.318. The Labute approximate surface area is 154 Å². The molecule has 3 aromatic rings. The molecule has 0 radical (unpaired) electrons. The summed E-state index contributed by atoms with van der Waals surface area (Å²) in [4.78, 5) is 15.4. The number of aromatic nitrogens is 1. The van der Waals surface area contributed by atoms with Crippen LogP contribution in [0.1, 0.15) is 37.8 Å². The molecule has 1 atom stereocenters. The number of ether oxygens (including phenoxy) is 1. The topological polar surface area (TPSA) is 54.1 Å². The molecule has 2 N–H and O–H groups in total. The largest absolute Gasteiger partial charge is 0.481 e. The van der Waals surface area contributed by atoms with Gasteiger partial charge in [0, 0.05) is 18.3 Å². The monoisotopic (exact) mass is 350 g/mol. The van der Waals surface area contributed by atoms with Gasteiger partial charge in [-0.15, -0.1) is 0 Å². The van der Waals surface area contributed by atoms with Gasteiger partial charge in [0.15, 0.2) is 6.10 Å². The van der Waals surface area contributed by atoms with Crippen LogP contribution >= 0.6 is 0 Å². The first-order chi connectivity index (χ1) is 12.5. The van der Waals surface area contributed by atoms with E-state index in [0.717, 1.165) is 17.7 Å². The molecule has 26 heavy (non-hydrogen) atoms. The average molecular weight is 350 g/mol. The third-order valence-corrected chi connectivity index (χ3v) is 4.56. The lowest BCUT2D eigenvalue weighted by atomic mass is 10.0. The van der Waals surface area contributed by atoms with Crippen molar-refractivity contribution < 1.29 is 9.53 Å². The predicted octanol–water partition coefficient (Wildman–Crippen LogP) is 4.42. The minimum absolute atomic E-state index is 0.0966. The van der Waals surface area contributed by atoms with Crippen LogP contribution in [0.5, 0.6) is 5.75 Å². The van der Waals surface area contributed by atoms with Gasteiger partial charge in [0.25, 0.3) is 5.91 Å². The van der Waals surface area contributed by atoms with Crippen molar-refractivity contribution in [3.63, 3.8) is 0 Å². The van der Waals surface area contributed by atoms with E-state index in [9.17, 15) is 4.79 Å². The summed E-state index contributed by atoms with van der Waals surface area (Å²) >= 11 is 0. The maximum absolute atomic E-state index is 12.2. The molecule has 1 amide bonds. The van der Waals surface area contributed by atoms with Crippen molar-refractivity contribution in [2.24, 2.45) is 0 Å². The molecule has 0 aliphatic rings. The fourth-order valence-electron chi connectivity index (χ4n) is 2.92. The minimum Gasteiger partial charge on any atom is -0.481 e. The van der Waals surface area contributed by atoms with Crippen molar-refractivity contribution in [3.8, 4) is 5.75 Å². The molecular weight excluding hydrogens is 324 g/mol. The highest BCUT2D eigenvalue weighted by Gasteiger charge is 2.14. The second kappa shape index (κ2) is 8.09. The summed E-state index contributed by atoms with van der Waals surface area (Å²) in [6.07, 6.45) is 2.21. The number of aromatic amines is 1. The van der Waals surface area contributed by atoms with Gasteiger partial charge in [-0.2, -0.15) is 0 Å². The number of benzene rings is 2. The lowest BCUT2D eigenvalue weighted by Gasteiger charge is -2.15. The Hall–Kier alpha value is -2.75. The van der Waals surface area contributed by atoms with Crippen molar-refractivity contribution in [3.05, 3.63) is 65.9 Å². The SMILES string of the molecule is CC(Oc1ccc(C(C)C)cc1)C(=O)NCCc1ccc2[nH]ccc2c1. The number of nitrogens with one attached hydrogen (secondary N) is 2. The fourth-order valence-corrected chi connectivity index (χ4v) is 2.92. The Morgan fingerprint density at radius 1 is 1.08 bits per heavy atom. The third-order valence-electron chi connectivity index (χ3n) is 4.56. The van der Waals surface area contributed by atoms with Crippen LogP contribution in [0.3, 0.4) is 0 Å². The van der Waals surface area contributed by atoms with Gasteiger partial charge in [0.2, 0.25) is 0 Å². The molecule has 0 aliphatic carbocycles. The molecule has 136 valence electrons. The minimum atomic E-state index is -0.521. The smallest absolute Gasteiger partial charge is 0.260 e. The molecule has 3 rings (SSSR count). The van der Waals surface area contributed by atoms with E-state index in [2.05, 4.69) is 48.4 Å². The Morgan fingerprint density at radius 3 is 2.58 bits per heavy atom. The van der Waals surface area contributed by atoms with Gasteiger partial charge in [-0.3, -0.25) is 4.79 Å². The number of fused-ring (bicyclic) bond motifs is 1. The van der Waals surface area contributed by atoms with Crippen LogP contribution in [0.25, 0.3) is 10.9 Å². The van der Waals surface area contributed by atoms with Crippen LogP contribution in [0.2, 0.25) is 0 Å². The number of amides is 1. The van der Waals surface area contributed by atoms with Gasteiger partial charge in [0.05, 0.1) is 0 Å². The van der Waals surface area contributed by atoms with Crippen LogP contribution in [0, 0.1) is 0 Å². The Balaban J connectivity index is 1.47. The van der Waals surface area contributed by atoms with Crippen molar-refractivity contribution in [1.29, 1.82) is 0 Å². The summed E-state index contributed by atoms with van der Waals surface area (Å²) in [7, 11) is 0. The molecule has 1 aromatic heterocycles. The summed E-state index contributed by atoms with van der Waals surface area (Å²) in [5, 5.41) is 4.14. The molecule has 0 aliphatic heterocycles. The Morgan fingerprint density at radius 2 is 1.85 bits per heavy atom. The lowest BCUT2D eigenvalue weighted by Crippen LogP contribution is -2.37. The van der Waals surface area contributed by atoms with Crippen molar-refractivity contribution in [2.75, 3.05) is 6.54 Å². The molecule has 0 saturated heterocycles. The van der Waals surface area contributed by atoms with E-state index in [0.29, 0.717) is 12.5 Å². The first-order valence-corrected chi connectivity index (χ1v) is 9.13. The van der Waals surface area contributed by atoms with Crippen molar-refractivity contribution in [1.82, 2.24) is 10.3 Å². The normalized spacial score (nSPS) is 12.3. The average Bonchev–Trinajstić information content (AvgIpc) is 3.09. The van der Waals surface area contributed by atoms with Crippen molar-refractivity contribution in [2.45, 2.75) is 39.2 Å². The van der Waals surface area contributed by atoms with Crippen molar-refractivity contribution >= 4 is 16.8 Å². The van der Waals surface area contributed by atoms with E-state index in [-0.39, 0.29) is 5.91 Å². The zero-order valence-corrected chi connectivity index (χ0v) is 15.6.